The summed E-state index contributed by atoms with van der Waals surface area (Å²) in [6.07, 6.45) is 11.0. The topological polar surface area (TPSA) is 18.5 Å². The molecule has 1 aliphatic rings. The highest BCUT2D eigenvalue weighted by molar-refractivity contribution is 6.69. The highest BCUT2D eigenvalue weighted by Gasteiger charge is 2.13. The van der Waals surface area contributed by atoms with Crippen molar-refractivity contribution in [3.05, 3.63) is 11.8 Å². The summed E-state index contributed by atoms with van der Waals surface area (Å²) < 4.78 is 11.6. The highest BCUT2D eigenvalue weighted by atomic mass is 28.4. The molecule has 17 heavy (non-hydrogen) atoms. The lowest BCUT2D eigenvalue weighted by Crippen LogP contribution is -2.26. The molecule has 0 fully saturated rings. The first kappa shape index (κ1) is 14.8. The number of allylic oxidation sites excluding steroid dienone is 2. The van der Waals surface area contributed by atoms with Gasteiger partial charge in [-0.1, -0.05) is 12.8 Å². The van der Waals surface area contributed by atoms with E-state index in [4.69, 9.17) is 9.16 Å². The normalized spacial score (nSPS) is 21.2. The summed E-state index contributed by atoms with van der Waals surface area (Å²) in [7, 11) is -1.33. The summed E-state index contributed by atoms with van der Waals surface area (Å²) in [5, 5.41) is 0. The van der Waals surface area contributed by atoms with E-state index >= 15 is 0 Å². The maximum Gasteiger partial charge on any atom is 0.183 e. The van der Waals surface area contributed by atoms with Gasteiger partial charge in [0.05, 0.1) is 12.4 Å². The molecule has 0 bridgehead atoms. The molecule has 0 atom stereocenters. The molecule has 0 N–H and O–H groups in total. The molecule has 2 nitrogen and oxygen atoms in total. The minimum absolute atomic E-state index is 0.816. The average molecular weight is 256 g/mol. The van der Waals surface area contributed by atoms with Gasteiger partial charge in [-0.05, 0) is 45.0 Å². The molecule has 0 unspecified atom stereocenters. The molecule has 0 amide bonds. The van der Waals surface area contributed by atoms with Crippen molar-refractivity contribution in [1.82, 2.24) is 0 Å². The predicted octanol–water partition coefficient (Wildman–Crippen LogP) is 4.48. The van der Waals surface area contributed by atoms with Crippen LogP contribution in [0.5, 0.6) is 0 Å². The van der Waals surface area contributed by atoms with Crippen LogP contribution in [0.1, 0.15) is 44.9 Å². The molecule has 100 valence electrons. The molecular weight excluding hydrogens is 228 g/mol. The quantitative estimate of drug-likeness (QED) is 0.515. The van der Waals surface area contributed by atoms with E-state index in [2.05, 4.69) is 25.7 Å². The monoisotopic (exact) mass is 256 g/mol. The van der Waals surface area contributed by atoms with Crippen LogP contribution in [0.4, 0.5) is 0 Å². The van der Waals surface area contributed by atoms with Gasteiger partial charge in [0.15, 0.2) is 8.32 Å². The Balaban J connectivity index is 2.08. The molecule has 1 rings (SSSR count). The molecule has 0 heterocycles. The van der Waals surface area contributed by atoms with Crippen molar-refractivity contribution in [2.24, 2.45) is 0 Å². The molecule has 0 saturated carbocycles. The van der Waals surface area contributed by atoms with Crippen molar-refractivity contribution < 1.29 is 9.16 Å². The molecule has 0 aromatic heterocycles. The van der Waals surface area contributed by atoms with Gasteiger partial charge >= 0.3 is 0 Å². The Morgan fingerprint density at radius 3 is 2.59 bits per heavy atom. The average Bonchev–Trinajstić information content (AvgIpc) is 2.18. The van der Waals surface area contributed by atoms with E-state index in [1.54, 1.807) is 0 Å². The second kappa shape index (κ2) is 7.93. The van der Waals surface area contributed by atoms with E-state index in [0.717, 1.165) is 26.1 Å². The fourth-order valence-corrected chi connectivity index (χ4v) is 2.69. The molecule has 0 saturated heterocycles. The largest absolute Gasteiger partial charge is 0.498 e. The molecular formula is C14H28O2Si. The highest BCUT2D eigenvalue weighted by Crippen LogP contribution is 2.17. The Bertz CT molecular complexity index is 231. The van der Waals surface area contributed by atoms with E-state index in [-0.39, 0.29) is 0 Å². The third-order valence-electron chi connectivity index (χ3n) is 2.86. The summed E-state index contributed by atoms with van der Waals surface area (Å²) in [5.41, 5.74) is 0. The third kappa shape index (κ3) is 8.44. The lowest BCUT2D eigenvalue weighted by atomic mass is 10.1. The summed E-state index contributed by atoms with van der Waals surface area (Å²) in [4.78, 5) is 0. The standard InChI is InChI=1S/C14H28O2Si/c1-17(2,3)16-13-9-12-15-14-10-7-5-4-6-8-11-14/h10H,4-9,11-13H2,1-3H3/b14-10+. The summed E-state index contributed by atoms with van der Waals surface area (Å²) in [6, 6.07) is 0. The van der Waals surface area contributed by atoms with Gasteiger partial charge in [0.25, 0.3) is 0 Å². The summed E-state index contributed by atoms with van der Waals surface area (Å²) in [5.74, 6) is 1.22. The van der Waals surface area contributed by atoms with Crippen LogP contribution in [-0.2, 0) is 9.16 Å². The second-order valence-corrected chi connectivity index (χ2v) is 10.3. The molecule has 1 aliphatic carbocycles. The van der Waals surface area contributed by atoms with Gasteiger partial charge in [-0.2, -0.15) is 0 Å². The zero-order chi connectivity index (χ0) is 12.6. The Morgan fingerprint density at radius 2 is 1.82 bits per heavy atom. The van der Waals surface area contributed by atoms with Gasteiger partial charge in [-0.3, -0.25) is 0 Å². The molecule has 3 heteroatoms. The number of rotatable bonds is 6. The molecule has 0 radical (unpaired) electrons. The van der Waals surface area contributed by atoms with Crippen molar-refractivity contribution >= 4 is 8.32 Å². The van der Waals surface area contributed by atoms with E-state index in [1.165, 1.54) is 37.9 Å². The molecule has 0 aromatic carbocycles. The number of hydrogen-bond acceptors (Lipinski definition) is 2. The SMILES string of the molecule is C[Si](C)(C)OCCCO/C1=C/CCCCCC1. The van der Waals surface area contributed by atoms with Crippen molar-refractivity contribution in [1.29, 1.82) is 0 Å². The van der Waals surface area contributed by atoms with Crippen molar-refractivity contribution in [3.63, 3.8) is 0 Å². The lowest BCUT2D eigenvalue weighted by molar-refractivity contribution is 0.171. The van der Waals surface area contributed by atoms with Crippen LogP contribution < -0.4 is 0 Å². The van der Waals surface area contributed by atoms with Gasteiger partial charge in [-0.15, -0.1) is 0 Å². The lowest BCUT2D eigenvalue weighted by Gasteiger charge is -2.18. The van der Waals surface area contributed by atoms with Crippen molar-refractivity contribution in [3.8, 4) is 0 Å². The van der Waals surface area contributed by atoms with Crippen molar-refractivity contribution in [2.75, 3.05) is 13.2 Å². The minimum Gasteiger partial charge on any atom is -0.498 e. The molecule has 0 aliphatic heterocycles. The van der Waals surface area contributed by atoms with Crippen LogP contribution in [0.25, 0.3) is 0 Å². The van der Waals surface area contributed by atoms with E-state index in [9.17, 15) is 0 Å². The smallest absolute Gasteiger partial charge is 0.183 e. The second-order valence-electron chi connectivity index (χ2n) is 5.79. The van der Waals surface area contributed by atoms with Crippen LogP contribution in [0.15, 0.2) is 11.8 Å². The first-order chi connectivity index (χ1) is 8.08. The molecule has 0 aromatic rings. The fourth-order valence-electron chi connectivity index (χ4n) is 1.93. The predicted molar refractivity (Wildman–Crippen MR) is 75.7 cm³/mol. The van der Waals surface area contributed by atoms with Crippen LogP contribution in [0.2, 0.25) is 19.6 Å². The van der Waals surface area contributed by atoms with Gasteiger partial charge in [0, 0.05) is 19.4 Å². The maximum absolute atomic E-state index is 5.83. The van der Waals surface area contributed by atoms with Crippen LogP contribution in [0.3, 0.4) is 0 Å². The van der Waals surface area contributed by atoms with E-state index in [1.807, 2.05) is 0 Å². The first-order valence-electron chi connectivity index (χ1n) is 7.04. The Morgan fingerprint density at radius 1 is 1.06 bits per heavy atom. The van der Waals surface area contributed by atoms with E-state index < -0.39 is 8.32 Å². The Kier molecular flexibility index (Phi) is 6.89. The minimum atomic E-state index is -1.33. The van der Waals surface area contributed by atoms with Gasteiger partial charge in [-0.25, -0.2) is 0 Å². The van der Waals surface area contributed by atoms with Crippen LogP contribution >= 0.6 is 0 Å². The third-order valence-corrected chi connectivity index (χ3v) is 3.93. The van der Waals surface area contributed by atoms with Gasteiger partial charge in [0.1, 0.15) is 0 Å². The molecule has 0 spiro atoms. The van der Waals surface area contributed by atoms with E-state index in [0.29, 0.717) is 0 Å². The van der Waals surface area contributed by atoms with Crippen LogP contribution in [-0.4, -0.2) is 21.5 Å². The summed E-state index contributed by atoms with van der Waals surface area (Å²) >= 11 is 0. The van der Waals surface area contributed by atoms with Gasteiger partial charge in [0.2, 0.25) is 0 Å². The number of hydrogen-bond donors (Lipinski definition) is 0. The van der Waals surface area contributed by atoms with Crippen LogP contribution in [0, 0.1) is 0 Å². The zero-order valence-electron chi connectivity index (χ0n) is 11.8. The van der Waals surface area contributed by atoms with Gasteiger partial charge < -0.3 is 9.16 Å². The summed E-state index contributed by atoms with van der Waals surface area (Å²) in [6.45, 7) is 8.35. The number of ether oxygens (including phenoxy) is 1. The maximum atomic E-state index is 5.83. The Labute approximate surface area is 108 Å². The first-order valence-corrected chi connectivity index (χ1v) is 10.4. The Hall–Kier alpha value is -0.283. The van der Waals surface area contributed by atoms with Crippen molar-refractivity contribution in [2.45, 2.75) is 64.6 Å². The zero-order valence-corrected chi connectivity index (χ0v) is 12.8. The fraction of sp³-hybridized carbons (Fsp3) is 0.857.